The van der Waals surface area contributed by atoms with Gasteiger partial charge in [-0.2, -0.15) is 0 Å². The first kappa shape index (κ1) is 15.5. The van der Waals surface area contributed by atoms with Crippen LogP contribution in [0.4, 0.5) is 0 Å². The molecule has 0 aromatic rings. The molecule has 0 saturated heterocycles. The van der Waals surface area contributed by atoms with E-state index in [-0.39, 0.29) is 11.9 Å². The molecule has 1 unspecified atom stereocenters. The zero-order valence-electron chi connectivity index (χ0n) is 12.1. The van der Waals surface area contributed by atoms with Gasteiger partial charge in [0.1, 0.15) is 0 Å². The van der Waals surface area contributed by atoms with Crippen LogP contribution in [0.3, 0.4) is 0 Å². The molecule has 0 aromatic carbocycles. The third-order valence-corrected chi connectivity index (χ3v) is 3.56. The van der Waals surface area contributed by atoms with E-state index in [0.29, 0.717) is 25.0 Å². The minimum absolute atomic E-state index is 0.0519. The summed E-state index contributed by atoms with van der Waals surface area (Å²) < 4.78 is 10.9. The number of hydrogen-bond acceptors (Lipinski definition) is 3. The standard InChI is InChI=1S/C15H28O3/c1-4-18-15(16)14(11-17-10-12(2)3)13-8-6-5-7-9-13/h12-14H,4-11H2,1-3H3. The highest BCUT2D eigenvalue weighted by molar-refractivity contribution is 5.73. The molecule has 18 heavy (non-hydrogen) atoms. The lowest BCUT2D eigenvalue weighted by Crippen LogP contribution is -2.32. The average Bonchev–Trinajstić information content (AvgIpc) is 2.35. The lowest BCUT2D eigenvalue weighted by atomic mass is 9.80. The van der Waals surface area contributed by atoms with Crippen LogP contribution < -0.4 is 0 Å². The third kappa shape index (κ3) is 5.38. The minimum Gasteiger partial charge on any atom is -0.466 e. The summed E-state index contributed by atoms with van der Waals surface area (Å²) >= 11 is 0. The minimum atomic E-state index is -0.0619. The molecule has 0 aliphatic heterocycles. The van der Waals surface area contributed by atoms with Gasteiger partial charge in [-0.3, -0.25) is 4.79 Å². The Bertz CT molecular complexity index is 232. The normalized spacial score (nSPS) is 18.9. The van der Waals surface area contributed by atoms with Crippen molar-refractivity contribution in [3.63, 3.8) is 0 Å². The van der Waals surface area contributed by atoms with Crippen molar-refractivity contribution in [3.05, 3.63) is 0 Å². The van der Waals surface area contributed by atoms with Gasteiger partial charge in [-0.15, -0.1) is 0 Å². The van der Waals surface area contributed by atoms with E-state index >= 15 is 0 Å². The first-order chi connectivity index (χ1) is 8.65. The van der Waals surface area contributed by atoms with Gasteiger partial charge in [-0.05, 0) is 31.6 Å². The number of carbonyl (C=O) groups is 1. The lowest BCUT2D eigenvalue weighted by Gasteiger charge is -2.28. The Morgan fingerprint density at radius 2 is 1.83 bits per heavy atom. The zero-order chi connectivity index (χ0) is 13.4. The molecule has 106 valence electrons. The lowest BCUT2D eigenvalue weighted by molar-refractivity contribution is -0.153. The van der Waals surface area contributed by atoms with E-state index < -0.39 is 0 Å². The molecule has 3 nitrogen and oxygen atoms in total. The van der Waals surface area contributed by atoms with Gasteiger partial charge in [-0.25, -0.2) is 0 Å². The van der Waals surface area contributed by atoms with Crippen LogP contribution in [0.2, 0.25) is 0 Å². The second-order valence-electron chi connectivity index (χ2n) is 5.69. The predicted octanol–water partition coefficient (Wildman–Crippen LogP) is 3.42. The summed E-state index contributed by atoms with van der Waals surface area (Å²) in [4.78, 5) is 12.0. The van der Waals surface area contributed by atoms with Crippen molar-refractivity contribution >= 4 is 5.97 Å². The molecule has 1 fully saturated rings. The van der Waals surface area contributed by atoms with E-state index in [9.17, 15) is 4.79 Å². The van der Waals surface area contributed by atoms with E-state index in [2.05, 4.69) is 13.8 Å². The summed E-state index contributed by atoms with van der Waals surface area (Å²) in [6.45, 7) is 7.83. The van der Waals surface area contributed by atoms with Crippen LogP contribution in [0, 0.1) is 17.8 Å². The molecule has 3 heteroatoms. The van der Waals surface area contributed by atoms with Crippen molar-refractivity contribution < 1.29 is 14.3 Å². The van der Waals surface area contributed by atoms with Crippen LogP contribution >= 0.6 is 0 Å². The fraction of sp³-hybridized carbons (Fsp3) is 0.933. The van der Waals surface area contributed by atoms with Crippen LogP contribution in [0.15, 0.2) is 0 Å². The molecule has 1 aliphatic rings. The molecule has 0 amide bonds. The van der Waals surface area contributed by atoms with Crippen molar-refractivity contribution in [3.8, 4) is 0 Å². The van der Waals surface area contributed by atoms with Gasteiger partial charge in [0.05, 0.1) is 19.1 Å². The molecule has 0 heterocycles. The molecule has 0 bridgehead atoms. The Labute approximate surface area is 111 Å². The van der Waals surface area contributed by atoms with Gasteiger partial charge in [0.25, 0.3) is 0 Å². The zero-order valence-corrected chi connectivity index (χ0v) is 12.1. The van der Waals surface area contributed by atoms with Crippen LogP contribution in [-0.2, 0) is 14.3 Å². The highest BCUT2D eigenvalue weighted by Crippen LogP contribution is 2.31. The average molecular weight is 256 g/mol. The van der Waals surface area contributed by atoms with Crippen molar-refractivity contribution in [2.75, 3.05) is 19.8 Å². The summed E-state index contributed by atoms with van der Waals surface area (Å²) in [5, 5.41) is 0. The number of rotatable bonds is 7. The molecule has 1 aliphatic carbocycles. The fourth-order valence-corrected chi connectivity index (χ4v) is 2.61. The maximum absolute atomic E-state index is 12.0. The molecule has 1 saturated carbocycles. The summed E-state index contributed by atoms with van der Waals surface area (Å²) in [7, 11) is 0. The van der Waals surface area contributed by atoms with E-state index in [1.54, 1.807) is 0 Å². The van der Waals surface area contributed by atoms with Crippen molar-refractivity contribution in [2.45, 2.75) is 52.9 Å². The largest absolute Gasteiger partial charge is 0.466 e. The Hall–Kier alpha value is -0.570. The smallest absolute Gasteiger partial charge is 0.311 e. The number of ether oxygens (including phenoxy) is 2. The Morgan fingerprint density at radius 3 is 2.39 bits per heavy atom. The highest BCUT2D eigenvalue weighted by atomic mass is 16.5. The van der Waals surface area contributed by atoms with Gasteiger partial charge >= 0.3 is 5.97 Å². The molecule has 0 radical (unpaired) electrons. The number of esters is 1. The second-order valence-corrected chi connectivity index (χ2v) is 5.69. The van der Waals surface area contributed by atoms with Crippen LogP contribution in [0.5, 0.6) is 0 Å². The molecule has 1 atom stereocenters. The maximum Gasteiger partial charge on any atom is 0.311 e. The second kappa shape index (κ2) is 8.52. The van der Waals surface area contributed by atoms with E-state index in [1.807, 2.05) is 6.92 Å². The molecular formula is C15H28O3. The predicted molar refractivity (Wildman–Crippen MR) is 72.4 cm³/mol. The van der Waals surface area contributed by atoms with Crippen LogP contribution in [0.25, 0.3) is 0 Å². The maximum atomic E-state index is 12.0. The van der Waals surface area contributed by atoms with Gasteiger partial charge in [0, 0.05) is 6.61 Å². The van der Waals surface area contributed by atoms with Gasteiger partial charge in [0.15, 0.2) is 0 Å². The van der Waals surface area contributed by atoms with Crippen LogP contribution in [0.1, 0.15) is 52.9 Å². The van der Waals surface area contributed by atoms with Crippen LogP contribution in [-0.4, -0.2) is 25.8 Å². The number of carbonyl (C=O) groups excluding carboxylic acids is 1. The van der Waals surface area contributed by atoms with Crippen molar-refractivity contribution in [1.29, 1.82) is 0 Å². The van der Waals surface area contributed by atoms with Crippen molar-refractivity contribution in [2.24, 2.45) is 17.8 Å². The summed E-state index contributed by atoms with van der Waals surface area (Å²) in [5.41, 5.74) is 0. The Kier molecular flexibility index (Phi) is 7.33. The SMILES string of the molecule is CCOC(=O)C(COCC(C)C)C1CCCCC1. The number of hydrogen-bond donors (Lipinski definition) is 0. The van der Waals surface area contributed by atoms with Gasteiger partial charge < -0.3 is 9.47 Å². The summed E-state index contributed by atoms with van der Waals surface area (Å²) in [5.74, 6) is 0.862. The van der Waals surface area contributed by atoms with Gasteiger partial charge in [-0.1, -0.05) is 33.1 Å². The highest BCUT2D eigenvalue weighted by Gasteiger charge is 2.30. The monoisotopic (exact) mass is 256 g/mol. The van der Waals surface area contributed by atoms with Crippen molar-refractivity contribution in [1.82, 2.24) is 0 Å². The van der Waals surface area contributed by atoms with E-state index in [0.717, 1.165) is 19.4 Å². The first-order valence-corrected chi connectivity index (χ1v) is 7.39. The molecule has 0 N–H and O–H groups in total. The Balaban J connectivity index is 2.47. The topological polar surface area (TPSA) is 35.5 Å². The summed E-state index contributed by atoms with van der Waals surface area (Å²) in [6, 6.07) is 0. The molecule has 0 spiro atoms. The first-order valence-electron chi connectivity index (χ1n) is 7.39. The van der Waals surface area contributed by atoms with E-state index in [1.165, 1.54) is 19.3 Å². The molecule has 0 aromatic heterocycles. The molecular weight excluding hydrogens is 228 g/mol. The quantitative estimate of drug-likeness (QED) is 0.655. The third-order valence-electron chi connectivity index (χ3n) is 3.56. The molecule has 1 rings (SSSR count). The Morgan fingerprint density at radius 1 is 1.17 bits per heavy atom. The summed E-state index contributed by atoms with van der Waals surface area (Å²) in [6.07, 6.45) is 6.08. The van der Waals surface area contributed by atoms with E-state index in [4.69, 9.17) is 9.47 Å². The fourth-order valence-electron chi connectivity index (χ4n) is 2.61. The van der Waals surface area contributed by atoms with Gasteiger partial charge in [0.2, 0.25) is 0 Å².